The lowest BCUT2D eigenvalue weighted by Gasteiger charge is -2.17. The molecule has 0 heterocycles. The Balaban J connectivity index is 2.69. The standard InChI is InChI=1S/C20H25NO/c1-10-8-17(15(6)14(5)12(10)3)20(22)18-9-11(2)13(4)16(7)19(18)21/h8-9H,21H2,1-7H3. The third kappa shape index (κ3) is 2.43. The first-order valence-electron chi connectivity index (χ1n) is 7.65. The Kier molecular flexibility index (Phi) is 4.15. The molecule has 0 aliphatic rings. The number of carbonyl (C=O) groups excluding carboxylic acids is 1. The van der Waals surface area contributed by atoms with Crippen LogP contribution in [0.5, 0.6) is 0 Å². The first kappa shape index (κ1) is 16.3. The highest BCUT2D eigenvalue weighted by atomic mass is 16.1. The van der Waals surface area contributed by atoms with Crippen molar-refractivity contribution in [1.29, 1.82) is 0 Å². The fourth-order valence-corrected chi connectivity index (χ4v) is 2.88. The van der Waals surface area contributed by atoms with Crippen molar-refractivity contribution in [2.24, 2.45) is 0 Å². The third-order valence-electron chi connectivity index (χ3n) is 5.18. The maximum atomic E-state index is 13.0. The first-order chi connectivity index (χ1) is 10.2. The molecule has 0 amide bonds. The number of aryl methyl sites for hydroxylation is 2. The van der Waals surface area contributed by atoms with Gasteiger partial charge in [-0.3, -0.25) is 4.79 Å². The summed E-state index contributed by atoms with van der Waals surface area (Å²) in [7, 11) is 0. The van der Waals surface area contributed by atoms with Gasteiger partial charge in [-0.15, -0.1) is 0 Å². The van der Waals surface area contributed by atoms with Gasteiger partial charge in [-0.25, -0.2) is 0 Å². The van der Waals surface area contributed by atoms with Gasteiger partial charge in [-0.1, -0.05) is 0 Å². The molecule has 2 rings (SSSR count). The number of nitrogen functional groups attached to an aromatic ring is 1. The highest BCUT2D eigenvalue weighted by Gasteiger charge is 2.19. The van der Waals surface area contributed by atoms with Gasteiger partial charge in [-0.05, 0) is 99.5 Å². The van der Waals surface area contributed by atoms with Crippen molar-refractivity contribution < 1.29 is 4.79 Å². The lowest BCUT2D eigenvalue weighted by molar-refractivity contribution is 0.103. The van der Waals surface area contributed by atoms with E-state index in [0.717, 1.165) is 33.4 Å². The lowest BCUT2D eigenvalue weighted by Crippen LogP contribution is -2.11. The SMILES string of the molecule is Cc1cc(C(=O)c2cc(C)c(C)c(C)c2N)c(C)c(C)c1C. The van der Waals surface area contributed by atoms with Crippen LogP contribution in [0.2, 0.25) is 0 Å². The molecule has 0 radical (unpaired) electrons. The fourth-order valence-electron chi connectivity index (χ4n) is 2.88. The van der Waals surface area contributed by atoms with Crippen LogP contribution in [0.1, 0.15) is 54.9 Å². The van der Waals surface area contributed by atoms with Gasteiger partial charge in [0.15, 0.2) is 5.78 Å². The Hall–Kier alpha value is -2.09. The molecule has 2 aromatic rings. The topological polar surface area (TPSA) is 43.1 Å². The van der Waals surface area contributed by atoms with E-state index in [-0.39, 0.29) is 5.78 Å². The van der Waals surface area contributed by atoms with Crippen LogP contribution < -0.4 is 5.73 Å². The predicted octanol–water partition coefficient (Wildman–Crippen LogP) is 4.66. The van der Waals surface area contributed by atoms with Gasteiger partial charge in [0.1, 0.15) is 0 Å². The molecule has 22 heavy (non-hydrogen) atoms. The van der Waals surface area contributed by atoms with Crippen LogP contribution in [0, 0.1) is 48.5 Å². The Bertz CT molecular complexity index is 720. The van der Waals surface area contributed by atoms with Crippen molar-refractivity contribution >= 4 is 11.5 Å². The van der Waals surface area contributed by atoms with Gasteiger partial charge < -0.3 is 5.73 Å². The Labute approximate surface area is 133 Å². The molecule has 0 saturated carbocycles. The number of nitrogens with two attached hydrogens (primary N) is 1. The minimum Gasteiger partial charge on any atom is -0.398 e. The van der Waals surface area contributed by atoms with Gasteiger partial charge in [0, 0.05) is 16.8 Å². The number of rotatable bonds is 2. The second kappa shape index (κ2) is 5.60. The second-order valence-electron chi connectivity index (χ2n) is 6.35. The Morgan fingerprint density at radius 3 is 1.68 bits per heavy atom. The average Bonchev–Trinajstić information content (AvgIpc) is 2.49. The van der Waals surface area contributed by atoms with Crippen LogP contribution in [0.3, 0.4) is 0 Å². The summed E-state index contributed by atoms with van der Waals surface area (Å²) in [6, 6.07) is 3.91. The summed E-state index contributed by atoms with van der Waals surface area (Å²) in [5.74, 6) is 0.0207. The molecule has 2 N–H and O–H groups in total. The summed E-state index contributed by atoms with van der Waals surface area (Å²) in [4.78, 5) is 13.0. The Morgan fingerprint density at radius 2 is 1.14 bits per heavy atom. The summed E-state index contributed by atoms with van der Waals surface area (Å²) in [6.45, 7) is 14.3. The van der Waals surface area contributed by atoms with Crippen LogP contribution in [0.25, 0.3) is 0 Å². The van der Waals surface area contributed by atoms with Crippen LogP contribution in [0.4, 0.5) is 5.69 Å². The van der Waals surface area contributed by atoms with Gasteiger partial charge in [0.05, 0.1) is 0 Å². The molecule has 2 heteroatoms. The number of hydrogen-bond acceptors (Lipinski definition) is 2. The summed E-state index contributed by atoms with van der Waals surface area (Å²) in [5.41, 5.74) is 16.1. The predicted molar refractivity (Wildman–Crippen MR) is 93.9 cm³/mol. The van der Waals surface area contributed by atoms with Crippen molar-refractivity contribution in [3.05, 3.63) is 62.2 Å². The van der Waals surface area contributed by atoms with E-state index in [9.17, 15) is 4.79 Å². The van der Waals surface area contributed by atoms with E-state index in [1.165, 1.54) is 11.1 Å². The summed E-state index contributed by atoms with van der Waals surface area (Å²) in [6.07, 6.45) is 0. The number of hydrogen-bond donors (Lipinski definition) is 1. The van der Waals surface area contributed by atoms with Gasteiger partial charge in [-0.2, -0.15) is 0 Å². The van der Waals surface area contributed by atoms with Gasteiger partial charge >= 0.3 is 0 Å². The minimum absolute atomic E-state index is 0.0207. The van der Waals surface area contributed by atoms with E-state index in [0.29, 0.717) is 11.3 Å². The van der Waals surface area contributed by atoms with E-state index in [1.807, 2.05) is 46.8 Å². The maximum absolute atomic E-state index is 13.0. The zero-order valence-electron chi connectivity index (χ0n) is 14.6. The highest BCUT2D eigenvalue weighted by Crippen LogP contribution is 2.29. The fraction of sp³-hybridized carbons (Fsp3) is 0.350. The lowest BCUT2D eigenvalue weighted by atomic mass is 9.88. The monoisotopic (exact) mass is 295 g/mol. The van der Waals surface area contributed by atoms with E-state index in [4.69, 9.17) is 5.73 Å². The molecule has 0 fully saturated rings. The van der Waals surface area contributed by atoms with Gasteiger partial charge in [0.2, 0.25) is 0 Å². The minimum atomic E-state index is 0.0207. The molecule has 0 bridgehead atoms. The van der Waals surface area contributed by atoms with E-state index in [2.05, 4.69) is 13.8 Å². The molecule has 0 unspecified atom stereocenters. The largest absolute Gasteiger partial charge is 0.398 e. The van der Waals surface area contributed by atoms with E-state index in [1.54, 1.807) is 0 Å². The summed E-state index contributed by atoms with van der Waals surface area (Å²) < 4.78 is 0. The van der Waals surface area contributed by atoms with Crippen LogP contribution >= 0.6 is 0 Å². The molecular weight excluding hydrogens is 270 g/mol. The highest BCUT2D eigenvalue weighted by molar-refractivity contribution is 6.13. The maximum Gasteiger partial charge on any atom is 0.195 e. The van der Waals surface area contributed by atoms with E-state index >= 15 is 0 Å². The molecule has 0 aliphatic carbocycles. The first-order valence-corrected chi connectivity index (χ1v) is 7.65. The van der Waals surface area contributed by atoms with Gasteiger partial charge in [0.25, 0.3) is 0 Å². The number of carbonyl (C=O) groups is 1. The smallest absolute Gasteiger partial charge is 0.195 e. The summed E-state index contributed by atoms with van der Waals surface area (Å²) in [5, 5.41) is 0. The van der Waals surface area contributed by atoms with Crippen molar-refractivity contribution in [3.63, 3.8) is 0 Å². The van der Waals surface area contributed by atoms with Crippen LogP contribution in [0.15, 0.2) is 12.1 Å². The number of ketones is 1. The second-order valence-corrected chi connectivity index (χ2v) is 6.35. The third-order valence-corrected chi connectivity index (χ3v) is 5.18. The van der Waals surface area contributed by atoms with Crippen molar-refractivity contribution in [2.45, 2.75) is 48.5 Å². The number of benzene rings is 2. The van der Waals surface area contributed by atoms with E-state index < -0.39 is 0 Å². The molecule has 116 valence electrons. The zero-order chi connectivity index (χ0) is 16.8. The van der Waals surface area contributed by atoms with Crippen LogP contribution in [-0.2, 0) is 0 Å². The zero-order valence-corrected chi connectivity index (χ0v) is 14.6. The molecule has 0 atom stereocenters. The van der Waals surface area contributed by atoms with Crippen molar-refractivity contribution in [2.75, 3.05) is 5.73 Å². The molecular formula is C20H25NO. The molecule has 2 nitrogen and oxygen atoms in total. The van der Waals surface area contributed by atoms with Crippen molar-refractivity contribution in [1.82, 2.24) is 0 Å². The number of anilines is 1. The molecule has 0 saturated heterocycles. The molecule has 2 aromatic carbocycles. The normalized spacial score (nSPS) is 10.9. The van der Waals surface area contributed by atoms with Crippen LogP contribution in [-0.4, -0.2) is 5.78 Å². The molecule has 0 aromatic heterocycles. The van der Waals surface area contributed by atoms with Crippen molar-refractivity contribution in [3.8, 4) is 0 Å². The Morgan fingerprint density at radius 1 is 0.682 bits per heavy atom. The summed E-state index contributed by atoms with van der Waals surface area (Å²) >= 11 is 0. The quantitative estimate of drug-likeness (QED) is 0.647. The molecule has 0 spiro atoms. The molecule has 0 aliphatic heterocycles. The average molecular weight is 295 g/mol.